The number of amides is 1. The van der Waals surface area contributed by atoms with Crippen molar-refractivity contribution in [2.75, 3.05) is 13.6 Å². The number of unbranched alkanes of at least 4 members (excludes halogenated alkanes) is 3. The number of fused-ring (bicyclic) bond motifs is 1. The summed E-state index contributed by atoms with van der Waals surface area (Å²) in [6.07, 6.45) is 5.20. The lowest BCUT2D eigenvalue weighted by Crippen LogP contribution is -2.27. The molecule has 6 heteroatoms. The predicted octanol–water partition coefficient (Wildman–Crippen LogP) is 3.30. The molecule has 3 rings (SSSR count). The first-order valence-corrected chi connectivity index (χ1v) is 9.91. The van der Waals surface area contributed by atoms with Crippen LogP contribution >= 0.6 is 11.8 Å². The standard InChI is InChI=1S/C19H25N3O2S/c1-3-4-5-8-12-22-17(23)14-9-6-7-10-15(14)20-19(22)25-16-11-13-21(2)18(16)24/h6-7,9-10,16H,3-5,8,11-13H2,1-2H3. The maximum absolute atomic E-state index is 12.9. The van der Waals surface area contributed by atoms with Gasteiger partial charge in [0.1, 0.15) is 0 Å². The van der Waals surface area contributed by atoms with Crippen molar-refractivity contribution in [1.29, 1.82) is 0 Å². The molecule has 1 unspecified atom stereocenters. The number of benzene rings is 1. The SMILES string of the molecule is CCCCCCn1c(SC2CCN(C)C2=O)nc2ccccc2c1=O. The van der Waals surface area contributed by atoms with E-state index in [9.17, 15) is 9.59 Å². The highest BCUT2D eigenvalue weighted by molar-refractivity contribution is 8.00. The molecule has 2 heterocycles. The monoisotopic (exact) mass is 359 g/mol. The lowest BCUT2D eigenvalue weighted by atomic mass is 10.2. The highest BCUT2D eigenvalue weighted by Gasteiger charge is 2.31. The van der Waals surface area contributed by atoms with E-state index in [2.05, 4.69) is 6.92 Å². The fourth-order valence-electron chi connectivity index (χ4n) is 3.16. The molecule has 0 saturated carbocycles. The number of para-hydroxylation sites is 1. The largest absolute Gasteiger partial charge is 0.345 e. The predicted molar refractivity (Wildman–Crippen MR) is 102 cm³/mol. The molecule has 1 aliphatic rings. The van der Waals surface area contributed by atoms with E-state index in [0.29, 0.717) is 22.6 Å². The van der Waals surface area contributed by atoms with Crippen molar-refractivity contribution in [2.24, 2.45) is 0 Å². The number of likely N-dealkylation sites (tertiary alicyclic amines) is 1. The van der Waals surface area contributed by atoms with Gasteiger partial charge in [0.2, 0.25) is 5.91 Å². The van der Waals surface area contributed by atoms with Crippen molar-refractivity contribution >= 4 is 28.6 Å². The third kappa shape index (κ3) is 3.89. The summed E-state index contributed by atoms with van der Waals surface area (Å²) in [7, 11) is 1.83. The molecule has 0 aliphatic carbocycles. The summed E-state index contributed by atoms with van der Waals surface area (Å²) in [6.45, 7) is 3.60. The number of rotatable bonds is 7. The lowest BCUT2D eigenvalue weighted by Gasteiger charge is -2.15. The van der Waals surface area contributed by atoms with Crippen LogP contribution < -0.4 is 5.56 Å². The van der Waals surface area contributed by atoms with Gasteiger partial charge in [0.25, 0.3) is 5.56 Å². The Morgan fingerprint density at radius 2 is 2.00 bits per heavy atom. The van der Waals surface area contributed by atoms with Crippen LogP contribution in [-0.2, 0) is 11.3 Å². The molecule has 0 bridgehead atoms. The number of nitrogens with zero attached hydrogens (tertiary/aromatic N) is 3. The van der Waals surface area contributed by atoms with Crippen LogP contribution in [0.5, 0.6) is 0 Å². The number of hydrogen-bond acceptors (Lipinski definition) is 4. The zero-order chi connectivity index (χ0) is 17.8. The maximum atomic E-state index is 12.9. The molecular weight excluding hydrogens is 334 g/mol. The van der Waals surface area contributed by atoms with Crippen LogP contribution in [0.3, 0.4) is 0 Å². The third-order valence-electron chi connectivity index (χ3n) is 4.69. The summed E-state index contributed by atoms with van der Waals surface area (Å²) in [5, 5.41) is 1.19. The van der Waals surface area contributed by atoms with Crippen LogP contribution in [0.4, 0.5) is 0 Å². The highest BCUT2D eigenvalue weighted by atomic mass is 32.2. The lowest BCUT2D eigenvalue weighted by molar-refractivity contribution is -0.126. The highest BCUT2D eigenvalue weighted by Crippen LogP contribution is 2.29. The number of carbonyl (C=O) groups excluding carboxylic acids is 1. The first-order chi connectivity index (χ1) is 12.1. The Morgan fingerprint density at radius 3 is 2.72 bits per heavy atom. The Kier molecular flexibility index (Phi) is 5.78. The summed E-state index contributed by atoms with van der Waals surface area (Å²) < 4.78 is 1.77. The van der Waals surface area contributed by atoms with Gasteiger partial charge in [-0.3, -0.25) is 14.2 Å². The Morgan fingerprint density at radius 1 is 1.20 bits per heavy atom. The van der Waals surface area contributed by atoms with Gasteiger partial charge in [0, 0.05) is 20.1 Å². The average Bonchev–Trinajstić information content (AvgIpc) is 2.93. The molecule has 0 spiro atoms. The fourth-order valence-corrected chi connectivity index (χ4v) is 4.37. The van der Waals surface area contributed by atoms with Crippen LogP contribution in [0.2, 0.25) is 0 Å². The van der Waals surface area contributed by atoms with E-state index < -0.39 is 0 Å². The summed E-state index contributed by atoms with van der Waals surface area (Å²) in [4.78, 5) is 31.7. The second kappa shape index (κ2) is 8.04. The van der Waals surface area contributed by atoms with Crippen molar-refractivity contribution in [2.45, 2.75) is 56.0 Å². The van der Waals surface area contributed by atoms with Gasteiger partial charge >= 0.3 is 0 Å². The molecule has 1 amide bonds. The minimum absolute atomic E-state index is 0.00315. The van der Waals surface area contributed by atoms with Crippen LogP contribution in [0.1, 0.15) is 39.0 Å². The van der Waals surface area contributed by atoms with Gasteiger partial charge in [-0.25, -0.2) is 4.98 Å². The molecular formula is C19H25N3O2S. The van der Waals surface area contributed by atoms with E-state index in [4.69, 9.17) is 4.98 Å². The molecule has 1 fully saturated rings. The minimum Gasteiger partial charge on any atom is -0.345 e. The average molecular weight is 359 g/mol. The van der Waals surface area contributed by atoms with Crippen LogP contribution in [0.25, 0.3) is 10.9 Å². The van der Waals surface area contributed by atoms with Gasteiger partial charge in [-0.2, -0.15) is 0 Å². The third-order valence-corrected chi connectivity index (χ3v) is 5.93. The molecule has 2 aromatic rings. The molecule has 1 saturated heterocycles. The van der Waals surface area contributed by atoms with E-state index in [1.54, 1.807) is 9.47 Å². The summed E-state index contributed by atoms with van der Waals surface area (Å²) in [5.74, 6) is 0.130. The first kappa shape index (κ1) is 18.0. The topological polar surface area (TPSA) is 55.2 Å². The van der Waals surface area contributed by atoms with E-state index in [0.717, 1.165) is 32.2 Å². The Hall–Kier alpha value is -1.82. The van der Waals surface area contributed by atoms with Crippen molar-refractivity contribution in [3.05, 3.63) is 34.6 Å². The number of carbonyl (C=O) groups is 1. The molecule has 25 heavy (non-hydrogen) atoms. The summed E-state index contributed by atoms with van der Waals surface area (Å²) in [5.41, 5.74) is 0.710. The molecule has 1 aliphatic heterocycles. The first-order valence-electron chi connectivity index (χ1n) is 9.03. The quantitative estimate of drug-likeness (QED) is 0.562. The zero-order valence-corrected chi connectivity index (χ0v) is 15.7. The van der Waals surface area contributed by atoms with E-state index in [1.807, 2.05) is 31.3 Å². The number of thioether (sulfide) groups is 1. The number of aromatic nitrogens is 2. The Balaban J connectivity index is 1.93. The maximum Gasteiger partial charge on any atom is 0.262 e. The van der Waals surface area contributed by atoms with Gasteiger partial charge < -0.3 is 4.90 Å². The molecule has 0 radical (unpaired) electrons. The number of hydrogen-bond donors (Lipinski definition) is 0. The van der Waals surface area contributed by atoms with E-state index in [-0.39, 0.29) is 16.7 Å². The van der Waals surface area contributed by atoms with Crippen molar-refractivity contribution < 1.29 is 4.79 Å². The van der Waals surface area contributed by atoms with Gasteiger partial charge in [-0.1, -0.05) is 50.1 Å². The van der Waals surface area contributed by atoms with Crippen LogP contribution in [-0.4, -0.2) is 39.2 Å². The molecule has 1 aromatic heterocycles. The van der Waals surface area contributed by atoms with Crippen LogP contribution in [0.15, 0.2) is 34.2 Å². The normalized spacial score (nSPS) is 17.6. The Labute approximate surface area is 152 Å². The van der Waals surface area contributed by atoms with Crippen molar-refractivity contribution in [3.8, 4) is 0 Å². The second-order valence-corrected chi connectivity index (χ2v) is 7.75. The van der Waals surface area contributed by atoms with Crippen molar-refractivity contribution in [3.63, 3.8) is 0 Å². The van der Waals surface area contributed by atoms with Gasteiger partial charge in [0.15, 0.2) is 5.16 Å². The summed E-state index contributed by atoms with van der Waals surface area (Å²) >= 11 is 1.44. The molecule has 0 N–H and O–H groups in total. The van der Waals surface area contributed by atoms with E-state index in [1.165, 1.54) is 18.2 Å². The molecule has 134 valence electrons. The summed E-state index contributed by atoms with van der Waals surface area (Å²) in [6, 6.07) is 7.46. The van der Waals surface area contributed by atoms with Gasteiger partial charge in [-0.05, 0) is 25.0 Å². The van der Waals surface area contributed by atoms with E-state index >= 15 is 0 Å². The van der Waals surface area contributed by atoms with Crippen LogP contribution in [0, 0.1) is 0 Å². The van der Waals surface area contributed by atoms with Crippen molar-refractivity contribution in [1.82, 2.24) is 14.5 Å². The Bertz CT molecular complexity index is 818. The minimum atomic E-state index is -0.139. The van der Waals surface area contributed by atoms with Gasteiger partial charge in [-0.15, -0.1) is 0 Å². The zero-order valence-electron chi connectivity index (χ0n) is 14.9. The second-order valence-electron chi connectivity index (χ2n) is 6.58. The van der Waals surface area contributed by atoms with Gasteiger partial charge in [0.05, 0.1) is 16.2 Å². The fraction of sp³-hybridized carbons (Fsp3) is 0.526. The molecule has 1 atom stereocenters. The molecule has 5 nitrogen and oxygen atoms in total. The smallest absolute Gasteiger partial charge is 0.262 e. The molecule has 1 aromatic carbocycles.